The van der Waals surface area contributed by atoms with E-state index in [-0.39, 0.29) is 17.5 Å². The number of halogens is 4. The van der Waals surface area contributed by atoms with Crippen molar-refractivity contribution in [1.82, 2.24) is 0 Å². The Morgan fingerprint density at radius 3 is 2.08 bits per heavy atom. The van der Waals surface area contributed by atoms with Crippen LogP contribution in [-0.2, 0) is 0 Å². The van der Waals surface area contributed by atoms with Crippen LogP contribution in [-0.4, -0.2) is 18.2 Å². The molecule has 0 heterocycles. The van der Waals surface area contributed by atoms with Crippen LogP contribution >= 0.6 is 11.6 Å². The van der Waals surface area contributed by atoms with Crippen molar-refractivity contribution in [2.24, 2.45) is 21.5 Å². The molecule has 0 aromatic heterocycles. The van der Waals surface area contributed by atoms with E-state index in [9.17, 15) is 13.2 Å². The number of amidine groups is 1. The van der Waals surface area contributed by atoms with E-state index in [4.69, 9.17) is 23.1 Å². The highest BCUT2D eigenvalue weighted by Crippen LogP contribution is 2.22. The Balaban J connectivity index is 2.13. The lowest BCUT2D eigenvalue weighted by molar-refractivity contribution is -0.274. The summed E-state index contributed by atoms with van der Waals surface area (Å²) in [5, 5.41) is 0.553. The van der Waals surface area contributed by atoms with E-state index < -0.39 is 6.36 Å². The number of aliphatic imine (C=N–C) groups is 2. The van der Waals surface area contributed by atoms with Crippen LogP contribution in [0.2, 0.25) is 5.02 Å². The van der Waals surface area contributed by atoms with Crippen LogP contribution in [0.25, 0.3) is 0 Å². The molecule has 0 aliphatic carbocycles. The number of guanidine groups is 1. The van der Waals surface area contributed by atoms with E-state index in [0.717, 1.165) is 12.1 Å². The van der Waals surface area contributed by atoms with Crippen molar-refractivity contribution in [2.45, 2.75) is 6.36 Å². The van der Waals surface area contributed by atoms with Gasteiger partial charge in [0.15, 0.2) is 0 Å². The minimum Gasteiger partial charge on any atom is -0.406 e. The summed E-state index contributed by atoms with van der Waals surface area (Å²) in [6.07, 6.45) is -4.75. The third-order valence-electron chi connectivity index (χ3n) is 2.69. The molecule has 2 aromatic rings. The molecule has 4 N–H and O–H groups in total. The molecule has 0 radical (unpaired) electrons. The Bertz CT molecular complexity index is 756. The Hall–Kier alpha value is -2.74. The van der Waals surface area contributed by atoms with Gasteiger partial charge >= 0.3 is 6.36 Å². The zero-order chi connectivity index (χ0) is 17.7. The fourth-order valence-electron chi connectivity index (χ4n) is 1.69. The molecule has 24 heavy (non-hydrogen) atoms. The Kier molecular flexibility index (Phi) is 5.30. The summed E-state index contributed by atoms with van der Waals surface area (Å²) < 4.78 is 40.0. The molecular formula is C15H12ClF3N4O. The number of alkyl halides is 3. The van der Waals surface area contributed by atoms with E-state index in [1.165, 1.54) is 12.1 Å². The summed E-state index contributed by atoms with van der Waals surface area (Å²) in [7, 11) is 0. The molecule has 0 unspecified atom stereocenters. The minimum atomic E-state index is -4.75. The van der Waals surface area contributed by atoms with Crippen molar-refractivity contribution < 1.29 is 17.9 Å². The second kappa shape index (κ2) is 7.22. The molecule has 0 saturated heterocycles. The number of hydrogen-bond acceptors (Lipinski definition) is 2. The highest BCUT2D eigenvalue weighted by atomic mass is 35.5. The van der Waals surface area contributed by atoms with E-state index >= 15 is 0 Å². The van der Waals surface area contributed by atoms with Crippen LogP contribution in [0, 0.1) is 0 Å². The summed E-state index contributed by atoms with van der Waals surface area (Å²) in [4.78, 5) is 7.92. The predicted molar refractivity (Wildman–Crippen MR) is 86.6 cm³/mol. The fourth-order valence-corrected chi connectivity index (χ4v) is 1.81. The molecule has 5 nitrogen and oxygen atoms in total. The molecular weight excluding hydrogens is 345 g/mol. The number of nitrogens with zero attached hydrogens (tertiary/aromatic N) is 2. The van der Waals surface area contributed by atoms with Crippen LogP contribution in [0.3, 0.4) is 0 Å². The summed E-state index contributed by atoms with van der Waals surface area (Å²) >= 11 is 5.76. The van der Waals surface area contributed by atoms with Crippen molar-refractivity contribution in [3.63, 3.8) is 0 Å². The van der Waals surface area contributed by atoms with Crippen LogP contribution in [0.5, 0.6) is 5.75 Å². The van der Waals surface area contributed by atoms with E-state index in [1.807, 2.05) is 0 Å². The molecule has 0 bridgehead atoms. The average molecular weight is 357 g/mol. The second-order valence-electron chi connectivity index (χ2n) is 4.52. The van der Waals surface area contributed by atoms with Crippen molar-refractivity contribution in [3.8, 4) is 5.75 Å². The van der Waals surface area contributed by atoms with Crippen LogP contribution < -0.4 is 16.2 Å². The molecule has 0 atom stereocenters. The maximum Gasteiger partial charge on any atom is 0.573 e. The third-order valence-corrected chi connectivity index (χ3v) is 2.94. The van der Waals surface area contributed by atoms with Crippen LogP contribution in [0.15, 0.2) is 58.5 Å². The van der Waals surface area contributed by atoms with Crippen LogP contribution in [0.1, 0.15) is 5.56 Å². The first-order valence-corrected chi connectivity index (χ1v) is 6.91. The van der Waals surface area contributed by atoms with E-state index in [0.29, 0.717) is 16.3 Å². The number of ether oxygens (including phenoxy) is 1. The zero-order valence-electron chi connectivity index (χ0n) is 12.1. The van der Waals surface area contributed by atoms with Gasteiger partial charge in [-0.2, -0.15) is 4.99 Å². The van der Waals surface area contributed by atoms with Crippen molar-refractivity contribution >= 4 is 29.1 Å². The first-order chi connectivity index (χ1) is 11.2. The normalized spacial score (nSPS) is 13.0. The molecule has 0 spiro atoms. The molecule has 0 aliphatic rings. The Labute approximate surface area is 140 Å². The number of benzene rings is 2. The third kappa shape index (κ3) is 5.47. The predicted octanol–water partition coefficient (Wildman–Crippen LogP) is 3.59. The lowest BCUT2D eigenvalue weighted by atomic mass is 10.2. The van der Waals surface area contributed by atoms with Crippen molar-refractivity contribution in [2.75, 3.05) is 0 Å². The monoisotopic (exact) mass is 356 g/mol. The van der Waals surface area contributed by atoms with Gasteiger partial charge in [-0.1, -0.05) is 11.6 Å². The smallest absolute Gasteiger partial charge is 0.406 e. The Morgan fingerprint density at radius 2 is 1.54 bits per heavy atom. The molecule has 126 valence electrons. The first kappa shape index (κ1) is 17.6. The number of hydrogen-bond donors (Lipinski definition) is 2. The van der Waals surface area contributed by atoms with Crippen LogP contribution in [0.4, 0.5) is 18.9 Å². The summed E-state index contributed by atoms with van der Waals surface area (Å²) in [6, 6.07) is 11.5. The second-order valence-corrected chi connectivity index (χ2v) is 4.95. The quantitative estimate of drug-likeness (QED) is 0.651. The van der Waals surface area contributed by atoms with Gasteiger partial charge in [0, 0.05) is 10.6 Å². The average Bonchev–Trinajstić information content (AvgIpc) is 2.48. The summed E-state index contributed by atoms with van der Waals surface area (Å²) in [6.45, 7) is 0. The SMILES string of the molecule is NC(=Nc1ccc(Cl)cc1)N=C(N)c1ccc(OC(F)(F)F)cc1. The van der Waals surface area contributed by atoms with Gasteiger partial charge in [0.25, 0.3) is 0 Å². The standard InChI is InChI=1S/C15H12ClF3N4O/c16-10-3-5-11(6-4-10)22-14(21)23-13(20)9-1-7-12(8-2-9)24-15(17,18)19/h1-8H,(H4,20,21,22,23). The first-order valence-electron chi connectivity index (χ1n) is 6.53. The van der Waals surface area contributed by atoms with Crippen molar-refractivity contribution in [3.05, 3.63) is 59.1 Å². The molecule has 2 rings (SSSR count). The molecule has 0 fully saturated rings. The van der Waals surface area contributed by atoms with Gasteiger partial charge in [0.2, 0.25) is 5.96 Å². The fraction of sp³-hybridized carbons (Fsp3) is 0.0667. The highest BCUT2D eigenvalue weighted by Gasteiger charge is 2.30. The van der Waals surface area contributed by atoms with Crippen molar-refractivity contribution in [1.29, 1.82) is 0 Å². The van der Waals surface area contributed by atoms with Gasteiger partial charge in [0.05, 0.1) is 5.69 Å². The number of nitrogens with two attached hydrogens (primary N) is 2. The summed E-state index contributed by atoms with van der Waals surface area (Å²) in [5.41, 5.74) is 12.3. The largest absolute Gasteiger partial charge is 0.573 e. The van der Waals surface area contributed by atoms with E-state index in [2.05, 4.69) is 14.7 Å². The van der Waals surface area contributed by atoms with Gasteiger partial charge in [-0.25, -0.2) is 4.99 Å². The van der Waals surface area contributed by atoms with Gasteiger partial charge in [-0.05, 0) is 48.5 Å². The van der Waals surface area contributed by atoms with E-state index in [1.54, 1.807) is 24.3 Å². The Morgan fingerprint density at radius 1 is 0.958 bits per heavy atom. The zero-order valence-corrected chi connectivity index (χ0v) is 12.8. The molecule has 2 aromatic carbocycles. The topological polar surface area (TPSA) is 86.0 Å². The lowest BCUT2D eigenvalue weighted by Gasteiger charge is -2.09. The lowest BCUT2D eigenvalue weighted by Crippen LogP contribution is -2.20. The van der Waals surface area contributed by atoms with Gasteiger partial charge in [-0.15, -0.1) is 13.2 Å². The number of rotatable bonds is 3. The van der Waals surface area contributed by atoms with Gasteiger partial charge in [-0.3, -0.25) is 0 Å². The molecule has 9 heteroatoms. The van der Waals surface area contributed by atoms with Gasteiger partial charge in [0.1, 0.15) is 11.6 Å². The highest BCUT2D eigenvalue weighted by molar-refractivity contribution is 6.30. The minimum absolute atomic E-state index is 0.00349. The maximum atomic E-state index is 12.1. The molecule has 0 saturated carbocycles. The maximum absolute atomic E-state index is 12.1. The molecule has 0 amide bonds. The summed E-state index contributed by atoms with van der Waals surface area (Å²) in [5.74, 6) is -0.462. The van der Waals surface area contributed by atoms with Gasteiger partial charge < -0.3 is 16.2 Å². The molecule has 0 aliphatic heterocycles.